The zero-order chi connectivity index (χ0) is 16.9. The molecule has 1 amide bonds. The summed E-state index contributed by atoms with van der Waals surface area (Å²) < 4.78 is 26.9. The van der Waals surface area contributed by atoms with Gasteiger partial charge >= 0.3 is 0 Å². The molecule has 1 aromatic heterocycles. The summed E-state index contributed by atoms with van der Waals surface area (Å²) in [4.78, 5) is 12.0. The molecule has 0 unspecified atom stereocenters. The Morgan fingerprint density at radius 1 is 1.33 bits per heavy atom. The number of benzene rings is 1. The van der Waals surface area contributed by atoms with Gasteiger partial charge in [0.15, 0.2) is 6.61 Å². The second-order valence-electron chi connectivity index (χ2n) is 5.79. The minimum absolute atomic E-state index is 0.0701. The molecule has 24 heavy (non-hydrogen) atoms. The van der Waals surface area contributed by atoms with Gasteiger partial charge in [-0.3, -0.25) is 4.79 Å². The van der Waals surface area contributed by atoms with Crippen molar-refractivity contribution in [2.24, 2.45) is 0 Å². The molecule has 1 fully saturated rings. The quantitative estimate of drug-likeness (QED) is 0.862. The summed E-state index contributed by atoms with van der Waals surface area (Å²) in [6, 6.07) is 6.05. The van der Waals surface area contributed by atoms with Crippen molar-refractivity contribution in [2.45, 2.75) is 37.8 Å². The van der Waals surface area contributed by atoms with E-state index in [9.17, 15) is 14.3 Å². The van der Waals surface area contributed by atoms with Crippen LogP contribution in [0.4, 0.5) is 4.39 Å². The van der Waals surface area contributed by atoms with Gasteiger partial charge in [-0.25, -0.2) is 4.39 Å². The van der Waals surface area contributed by atoms with Crippen LogP contribution in [0.25, 0.3) is 11.3 Å². The Hall–Kier alpha value is -2.06. The number of aromatic nitrogens is 2. The van der Waals surface area contributed by atoms with E-state index in [0.29, 0.717) is 24.1 Å². The fourth-order valence-electron chi connectivity index (χ4n) is 2.71. The van der Waals surface area contributed by atoms with Crippen LogP contribution in [0.5, 0.6) is 5.88 Å². The van der Waals surface area contributed by atoms with E-state index in [-0.39, 0.29) is 36.4 Å². The van der Waals surface area contributed by atoms with Gasteiger partial charge in [-0.15, -0.1) is 4.37 Å². The predicted molar refractivity (Wildman–Crippen MR) is 87.2 cm³/mol. The number of amides is 1. The summed E-state index contributed by atoms with van der Waals surface area (Å²) in [5.74, 6) is -0.391. The number of carbonyl (C=O) groups excluding carboxylic acids is 1. The van der Waals surface area contributed by atoms with Crippen LogP contribution in [0.2, 0.25) is 0 Å². The van der Waals surface area contributed by atoms with Crippen molar-refractivity contribution in [1.82, 2.24) is 14.1 Å². The van der Waals surface area contributed by atoms with Crippen molar-refractivity contribution in [1.29, 1.82) is 0 Å². The first-order valence-corrected chi connectivity index (χ1v) is 8.53. The molecule has 128 valence electrons. The highest BCUT2D eigenvalue weighted by atomic mass is 32.1. The number of hydrogen-bond donors (Lipinski definition) is 2. The molecular formula is C16H18FN3O3S. The molecule has 1 heterocycles. The zero-order valence-corrected chi connectivity index (χ0v) is 13.8. The number of aliphatic hydroxyl groups excluding tert-OH is 1. The predicted octanol–water partition coefficient (Wildman–Crippen LogP) is 2.14. The van der Waals surface area contributed by atoms with Gasteiger partial charge in [-0.2, -0.15) is 4.37 Å². The topological polar surface area (TPSA) is 84.3 Å². The first-order valence-electron chi connectivity index (χ1n) is 7.80. The molecule has 8 heteroatoms. The highest BCUT2D eigenvalue weighted by Gasteiger charge is 2.21. The van der Waals surface area contributed by atoms with Crippen molar-refractivity contribution in [3.05, 3.63) is 30.1 Å². The van der Waals surface area contributed by atoms with Gasteiger partial charge in [0.25, 0.3) is 11.8 Å². The third kappa shape index (κ3) is 4.27. The van der Waals surface area contributed by atoms with Crippen LogP contribution in [0.1, 0.15) is 25.7 Å². The Balaban J connectivity index is 1.56. The first-order chi connectivity index (χ1) is 11.6. The normalized spacial score (nSPS) is 20.6. The minimum atomic E-state index is -0.372. The van der Waals surface area contributed by atoms with E-state index in [0.717, 1.165) is 24.6 Å². The summed E-state index contributed by atoms with van der Waals surface area (Å²) in [7, 11) is 0. The Bertz CT molecular complexity index is 701. The lowest BCUT2D eigenvalue weighted by Gasteiger charge is -2.26. The molecule has 0 aliphatic heterocycles. The van der Waals surface area contributed by atoms with Gasteiger partial charge in [0, 0.05) is 11.6 Å². The van der Waals surface area contributed by atoms with Crippen molar-refractivity contribution >= 4 is 17.6 Å². The second kappa shape index (κ2) is 7.67. The van der Waals surface area contributed by atoms with Crippen molar-refractivity contribution in [3.63, 3.8) is 0 Å². The monoisotopic (exact) mass is 351 g/mol. The number of rotatable bonds is 5. The lowest BCUT2D eigenvalue weighted by atomic mass is 9.93. The SMILES string of the molecule is O=C(COc1nsnc1-c1cccc(F)c1)NC1CCC(O)CC1. The smallest absolute Gasteiger partial charge is 0.258 e. The van der Waals surface area contributed by atoms with Crippen LogP contribution in [-0.2, 0) is 4.79 Å². The molecule has 0 spiro atoms. The van der Waals surface area contributed by atoms with E-state index in [4.69, 9.17) is 4.74 Å². The Morgan fingerprint density at radius 2 is 2.12 bits per heavy atom. The van der Waals surface area contributed by atoms with E-state index in [1.807, 2.05) is 0 Å². The zero-order valence-electron chi connectivity index (χ0n) is 12.9. The molecule has 1 aromatic carbocycles. The third-order valence-corrected chi connectivity index (χ3v) is 4.47. The van der Waals surface area contributed by atoms with Crippen LogP contribution >= 0.6 is 11.7 Å². The highest BCUT2D eigenvalue weighted by Crippen LogP contribution is 2.28. The molecule has 2 aromatic rings. The fourth-order valence-corrected chi connectivity index (χ4v) is 3.23. The van der Waals surface area contributed by atoms with Crippen molar-refractivity contribution < 1.29 is 19.0 Å². The number of nitrogens with one attached hydrogen (secondary N) is 1. The van der Waals surface area contributed by atoms with Gasteiger partial charge < -0.3 is 15.2 Å². The van der Waals surface area contributed by atoms with Crippen LogP contribution in [-0.4, -0.2) is 38.5 Å². The average Bonchev–Trinajstić information content (AvgIpc) is 3.04. The van der Waals surface area contributed by atoms with Gasteiger partial charge in [0.2, 0.25) is 0 Å². The van der Waals surface area contributed by atoms with Gasteiger partial charge in [0.1, 0.15) is 11.5 Å². The number of carbonyl (C=O) groups is 1. The summed E-state index contributed by atoms with van der Waals surface area (Å²) >= 11 is 0.948. The van der Waals surface area contributed by atoms with Gasteiger partial charge in [0.05, 0.1) is 17.8 Å². The molecule has 1 aliphatic rings. The maximum atomic E-state index is 13.3. The number of halogens is 1. The van der Waals surface area contributed by atoms with Gasteiger partial charge in [-0.05, 0) is 37.8 Å². The summed E-state index contributed by atoms with van der Waals surface area (Å²) in [5, 5.41) is 12.4. The lowest BCUT2D eigenvalue weighted by Crippen LogP contribution is -2.40. The third-order valence-electron chi connectivity index (χ3n) is 3.96. The Morgan fingerprint density at radius 3 is 2.88 bits per heavy atom. The molecule has 0 radical (unpaired) electrons. The maximum absolute atomic E-state index is 13.3. The van der Waals surface area contributed by atoms with Crippen LogP contribution in [0.15, 0.2) is 24.3 Å². The largest absolute Gasteiger partial charge is 0.465 e. The Kier molecular flexibility index (Phi) is 5.37. The molecule has 0 atom stereocenters. The molecular weight excluding hydrogens is 333 g/mol. The maximum Gasteiger partial charge on any atom is 0.258 e. The number of hydrogen-bond acceptors (Lipinski definition) is 6. The number of nitrogens with zero attached hydrogens (tertiary/aromatic N) is 2. The summed E-state index contributed by atoms with van der Waals surface area (Å²) in [6.07, 6.45) is 2.67. The molecule has 1 saturated carbocycles. The molecule has 3 rings (SSSR count). The fraction of sp³-hybridized carbons (Fsp3) is 0.438. The molecule has 0 bridgehead atoms. The second-order valence-corrected chi connectivity index (χ2v) is 6.32. The first kappa shape index (κ1) is 16.8. The molecule has 0 saturated heterocycles. The van der Waals surface area contributed by atoms with Crippen LogP contribution in [0.3, 0.4) is 0 Å². The average molecular weight is 351 g/mol. The van der Waals surface area contributed by atoms with E-state index in [1.165, 1.54) is 12.1 Å². The minimum Gasteiger partial charge on any atom is -0.465 e. The van der Waals surface area contributed by atoms with E-state index >= 15 is 0 Å². The summed E-state index contributed by atoms with van der Waals surface area (Å²) in [5.41, 5.74) is 0.980. The molecule has 2 N–H and O–H groups in total. The number of ether oxygens (including phenoxy) is 1. The van der Waals surface area contributed by atoms with Crippen LogP contribution < -0.4 is 10.1 Å². The highest BCUT2D eigenvalue weighted by molar-refractivity contribution is 6.99. The number of aliphatic hydroxyl groups is 1. The summed E-state index contributed by atoms with van der Waals surface area (Å²) in [6.45, 7) is -0.174. The molecule has 6 nitrogen and oxygen atoms in total. The van der Waals surface area contributed by atoms with E-state index < -0.39 is 0 Å². The van der Waals surface area contributed by atoms with Gasteiger partial charge in [-0.1, -0.05) is 12.1 Å². The van der Waals surface area contributed by atoms with E-state index in [1.54, 1.807) is 12.1 Å². The standard InChI is InChI=1S/C16H18FN3O3S/c17-11-3-1-2-10(8-11)15-16(20-24-19-15)23-9-14(22)18-12-4-6-13(21)7-5-12/h1-3,8,12-13,21H,4-7,9H2,(H,18,22). The van der Waals surface area contributed by atoms with E-state index in [2.05, 4.69) is 14.1 Å². The Labute approximate surface area is 143 Å². The lowest BCUT2D eigenvalue weighted by molar-refractivity contribution is -0.124. The van der Waals surface area contributed by atoms with Crippen molar-refractivity contribution in [2.75, 3.05) is 6.61 Å². The van der Waals surface area contributed by atoms with Crippen molar-refractivity contribution in [3.8, 4) is 17.1 Å². The van der Waals surface area contributed by atoms with Crippen LogP contribution in [0, 0.1) is 5.82 Å². The molecule has 1 aliphatic carbocycles.